The molecule has 1 aliphatic heterocycles. The number of para-hydroxylation sites is 1. The van der Waals surface area contributed by atoms with Crippen LogP contribution in [0, 0.1) is 0 Å². The van der Waals surface area contributed by atoms with Crippen molar-refractivity contribution in [2.24, 2.45) is 0 Å². The molecule has 19 heavy (non-hydrogen) atoms. The van der Waals surface area contributed by atoms with Gasteiger partial charge < -0.3 is 10.2 Å². The van der Waals surface area contributed by atoms with Gasteiger partial charge in [0.25, 0.3) is 0 Å². The number of hydrogen-bond acceptors (Lipinski definition) is 3. The van der Waals surface area contributed by atoms with Gasteiger partial charge in [0.2, 0.25) is 11.8 Å². The van der Waals surface area contributed by atoms with Gasteiger partial charge in [0, 0.05) is 24.4 Å². The lowest BCUT2D eigenvalue weighted by molar-refractivity contribution is -0.132. The number of benzene rings is 1. The number of nitrogens with zero attached hydrogens (tertiary/aromatic N) is 1. The summed E-state index contributed by atoms with van der Waals surface area (Å²) in [6.45, 7) is 5.27. The fourth-order valence-corrected chi connectivity index (χ4v) is 3.19. The van der Waals surface area contributed by atoms with Crippen molar-refractivity contribution in [3.63, 3.8) is 0 Å². The molecule has 0 aliphatic carbocycles. The van der Waals surface area contributed by atoms with Gasteiger partial charge in [-0.25, -0.2) is 0 Å². The Hall–Kier alpha value is -1.49. The van der Waals surface area contributed by atoms with Crippen molar-refractivity contribution < 1.29 is 9.59 Å². The molecule has 2 rings (SSSR count). The quantitative estimate of drug-likeness (QED) is 0.920. The highest BCUT2D eigenvalue weighted by Crippen LogP contribution is 2.36. The van der Waals surface area contributed by atoms with E-state index in [1.165, 1.54) is 11.8 Å². The summed E-state index contributed by atoms with van der Waals surface area (Å²) in [7, 11) is 0. The van der Waals surface area contributed by atoms with Gasteiger partial charge in [-0.15, -0.1) is 11.8 Å². The van der Waals surface area contributed by atoms with E-state index < -0.39 is 0 Å². The molecule has 0 unspecified atom stereocenters. The fourth-order valence-electron chi connectivity index (χ4n) is 2.09. The van der Waals surface area contributed by atoms with E-state index in [-0.39, 0.29) is 23.5 Å². The van der Waals surface area contributed by atoms with E-state index in [2.05, 4.69) is 5.32 Å². The number of nitrogens with one attached hydrogen (secondary N) is 1. The molecule has 0 bridgehead atoms. The molecule has 5 heteroatoms. The smallest absolute Gasteiger partial charge is 0.238 e. The lowest BCUT2D eigenvalue weighted by Crippen LogP contribution is -2.37. The predicted octanol–water partition coefficient (Wildman–Crippen LogP) is 2.36. The van der Waals surface area contributed by atoms with Crippen LogP contribution in [-0.4, -0.2) is 35.1 Å². The molecule has 0 fully saturated rings. The van der Waals surface area contributed by atoms with E-state index in [0.29, 0.717) is 13.1 Å². The summed E-state index contributed by atoms with van der Waals surface area (Å²) in [5.74, 6) is -0.0405. The van der Waals surface area contributed by atoms with E-state index in [4.69, 9.17) is 0 Å². The summed E-state index contributed by atoms with van der Waals surface area (Å²) in [5.41, 5.74) is 0.837. The molecule has 1 aromatic carbocycles. The van der Waals surface area contributed by atoms with Crippen molar-refractivity contribution in [3.8, 4) is 0 Å². The highest BCUT2D eigenvalue weighted by molar-refractivity contribution is 8.01. The Bertz CT molecular complexity index is 486. The summed E-state index contributed by atoms with van der Waals surface area (Å²) < 4.78 is 0. The van der Waals surface area contributed by atoms with Gasteiger partial charge in [-0.1, -0.05) is 12.1 Å². The van der Waals surface area contributed by atoms with Crippen molar-refractivity contribution >= 4 is 29.3 Å². The molecule has 2 amide bonds. The second kappa shape index (κ2) is 6.10. The second-order valence-corrected chi connectivity index (χ2v) is 5.61. The Morgan fingerprint density at radius 3 is 2.68 bits per heavy atom. The zero-order chi connectivity index (χ0) is 13.8. The summed E-state index contributed by atoms with van der Waals surface area (Å²) >= 11 is 1.47. The van der Waals surface area contributed by atoms with E-state index in [9.17, 15) is 9.59 Å². The number of carbonyl (C=O) groups is 2. The minimum Gasteiger partial charge on any atom is -0.343 e. The van der Waals surface area contributed by atoms with Crippen LogP contribution in [0.1, 0.15) is 20.3 Å². The van der Waals surface area contributed by atoms with Gasteiger partial charge in [-0.05, 0) is 26.0 Å². The molecular weight excluding hydrogens is 260 g/mol. The maximum absolute atomic E-state index is 12.1. The number of thioether (sulfide) groups is 1. The topological polar surface area (TPSA) is 49.4 Å². The van der Waals surface area contributed by atoms with Crippen LogP contribution in [0.3, 0.4) is 0 Å². The normalized spacial score (nSPS) is 17.6. The van der Waals surface area contributed by atoms with Gasteiger partial charge in [0.05, 0.1) is 10.9 Å². The first-order valence-electron chi connectivity index (χ1n) is 6.50. The fraction of sp³-hybridized carbons (Fsp3) is 0.429. The summed E-state index contributed by atoms with van der Waals surface area (Å²) in [6, 6.07) is 7.67. The van der Waals surface area contributed by atoms with E-state index in [0.717, 1.165) is 10.6 Å². The average molecular weight is 278 g/mol. The first-order valence-corrected chi connectivity index (χ1v) is 7.38. The minimum absolute atomic E-state index is 0.0389. The number of fused-ring (bicyclic) bond motifs is 1. The van der Waals surface area contributed by atoms with Gasteiger partial charge in [0.15, 0.2) is 0 Å². The molecule has 0 saturated heterocycles. The molecule has 4 nitrogen and oxygen atoms in total. The maximum atomic E-state index is 12.1. The lowest BCUT2D eigenvalue weighted by atomic mass is 10.2. The van der Waals surface area contributed by atoms with Crippen LogP contribution in [0.5, 0.6) is 0 Å². The molecule has 1 aromatic rings. The Morgan fingerprint density at radius 2 is 2.00 bits per heavy atom. The van der Waals surface area contributed by atoms with Crippen molar-refractivity contribution in [2.75, 3.05) is 18.4 Å². The molecule has 0 spiro atoms. The van der Waals surface area contributed by atoms with Crippen LogP contribution in [0.4, 0.5) is 5.69 Å². The molecule has 0 aromatic heterocycles. The number of carbonyl (C=O) groups excluding carboxylic acids is 2. The van der Waals surface area contributed by atoms with Crippen LogP contribution < -0.4 is 5.32 Å². The van der Waals surface area contributed by atoms with Gasteiger partial charge >= 0.3 is 0 Å². The van der Waals surface area contributed by atoms with Crippen LogP contribution in [0.15, 0.2) is 29.2 Å². The Balaban J connectivity index is 2.07. The Morgan fingerprint density at radius 1 is 1.32 bits per heavy atom. The molecule has 1 aliphatic rings. The van der Waals surface area contributed by atoms with Gasteiger partial charge in [-0.2, -0.15) is 0 Å². The minimum atomic E-state index is -0.331. The Kier molecular flexibility index (Phi) is 4.47. The number of anilines is 1. The molecule has 102 valence electrons. The number of hydrogen-bond donors (Lipinski definition) is 1. The van der Waals surface area contributed by atoms with Crippen molar-refractivity contribution in [3.05, 3.63) is 24.3 Å². The van der Waals surface area contributed by atoms with Crippen molar-refractivity contribution in [1.82, 2.24) is 4.90 Å². The molecule has 1 heterocycles. The highest BCUT2D eigenvalue weighted by atomic mass is 32.2. The second-order valence-electron chi connectivity index (χ2n) is 4.36. The third kappa shape index (κ3) is 3.10. The van der Waals surface area contributed by atoms with Crippen LogP contribution in [-0.2, 0) is 9.59 Å². The maximum Gasteiger partial charge on any atom is 0.238 e. The van der Waals surface area contributed by atoms with Crippen molar-refractivity contribution in [1.29, 1.82) is 0 Å². The van der Waals surface area contributed by atoms with E-state index in [1.807, 2.05) is 38.1 Å². The van der Waals surface area contributed by atoms with Crippen LogP contribution >= 0.6 is 11.8 Å². The highest BCUT2D eigenvalue weighted by Gasteiger charge is 2.29. The average Bonchev–Trinajstić information content (AvgIpc) is 2.41. The van der Waals surface area contributed by atoms with Gasteiger partial charge in [0.1, 0.15) is 0 Å². The zero-order valence-corrected chi connectivity index (χ0v) is 12.0. The first kappa shape index (κ1) is 13.9. The lowest BCUT2D eigenvalue weighted by Gasteiger charge is -2.26. The zero-order valence-electron chi connectivity index (χ0n) is 11.2. The van der Waals surface area contributed by atoms with Crippen molar-refractivity contribution in [2.45, 2.75) is 30.4 Å². The summed E-state index contributed by atoms with van der Waals surface area (Å²) in [5, 5.41) is 2.53. The van der Waals surface area contributed by atoms with Crippen LogP contribution in [0.25, 0.3) is 0 Å². The SMILES string of the molecule is CCN(CC)C(=O)C[C@H]1Sc2ccccc2NC1=O. The third-order valence-corrected chi connectivity index (χ3v) is 4.46. The van der Waals surface area contributed by atoms with E-state index in [1.54, 1.807) is 4.90 Å². The predicted molar refractivity (Wildman–Crippen MR) is 77.3 cm³/mol. The first-order chi connectivity index (χ1) is 9.15. The third-order valence-electron chi connectivity index (χ3n) is 3.18. The van der Waals surface area contributed by atoms with Gasteiger partial charge in [-0.3, -0.25) is 9.59 Å². The molecular formula is C14H18N2O2S. The van der Waals surface area contributed by atoms with E-state index >= 15 is 0 Å². The molecule has 0 saturated carbocycles. The summed E-state index contributed by atoms with van der Waals surface area (Å²) in [4.78, 5) is 26.8. The number of rotatable bonds is 4. The van der Waals surface area contributed by atoms with Crippen LogP contribution in [0.2, 0.25) is 0 Å². The number of amides is 2. The standard InChI is InChI=1S/C14H18N2O2S/c1-3-16(4-2)13(17)9-12-14(18)15-10-7-5-6-8-11(10)19-12/h5-8,12H,3-4,9H2,1-2H3,(H,15,18)/t12-/m1/s1. The molecule has 0 radical (unpaired) electrons. The molecule has 1 N–H and O–H groups in total. The Labute approximate surface area is 117 Å². The monoisotopic (exact) mass is 278 g/mol. The largest absolute Gasteiger partial charge is 0.343 e. The summed E-state index contributed by atoms with van der Waals surface area (Å²) in [6.07, 6.45) is 0.256. The molecule has 1 atom stereocenters.